The molecule has 5 nitrogen and oxygen atoms in total. The number of nitrogens with one attached hydrogen (secondary N) is 1. The average Bonchev–Trinajstić information content (AvgIpc) is 2.48. The number of carbonyl (C=O) groups is 1. The molecule has 0 atom stereocenters. The van der Waals surface area contributed by atoms with Crippen molar-refractivity contribution in [1.82, 2.24) is 5.43 Å². The molecule has 1 heterocycles. The van der Waals surface area contributed by atoms with Crippen LogP contribution in [0.5, 0.6) is 5.75 Å². The SMILES string of the molecule is COc1cc(N2CCCCC2)ccc1/C=N\NC(C)=O. The fourth-order valence-electron chi connectivity index (χ4n) is 2.35. The minimum absolute atomic E-state index is 0.190. The number of amides is 1. The number of piperidine rings is 1. The Morgan fingerprint density at radius 3 is 2.75 bits per heavy atom. The third-order valence-electron chi connectivity index (χ3n) is 3.36. The van der Waals surface area contributed by atoms with Crippen LogP contribution in [0.1, 0.15) is 31.7 Å². The van der Waals surface area contributed by atoms with E-state index < -0.39 is 0 Å². The minimum atomic E-state index is -0.190. The molecule has 1 aromatic carbocycles. The average molecular weight is 275 g/mol. The Labute approximate surface area is 119 Å². The van der Waals surface area contributed by atoms with Crippen molar-refractivity contribution in [2.45, 2.75) is 26.2 Å². The molecule has 5 heteroatoms. The summed E-state index contributed by atoms with van der Waals surface area (Å²) in [6.07, 6.45) is 5.40. The van der Waals surface area contributed by atoms with Crippen LogP contribution in [-0.2, 0) is 4.79 Å². The van der Waals surface area contributed by atoms with Gasteiger partial charge in [-0.2, -0.15) is 5.10 Å². The van der Waals surface area contributed by atoms with Gasteiger partial charge in [0.2, 0.25) is 5.91 Å². The first-order chi connectivity index (χ1) is 9.70. The molecule has 1 aliphatic heterocycles. The Morgan fingerprint density at radius 1 is 1.35 bits per heavy atom. The zero-order chi connectivity index (χ0) is 14.4. The quantitative estimate of drug-likeness (QED) is 0.676. The molecule has 1 aliphatic rings. The second-order valence-corrected chi connectivity index (χ2v) is 4.90. The zero-order valence-electron chi connectivity index (χ0n) is 12.1. The molecule has 2 rings (SSSR count). The second kappa shape index (κ2) is 6.93. The summed E-state index contributed by atoms with van der Waals surface area (Å²) < 4.78 is 5.40. The highest BCUT2D eigenvalue weighted by Gasteiger charge is 2.12. The molecular formula is C15H21N3O2. The Bertz CT molecular complexity index is 494. The molecule has 0 bridgehead atoms. The predicted octanol–water partition coefficient (Wildman–Crippen LogP) is 2.16. The van der Waals surface area contributed by atoms with Gasteiger partial charge in [-0.15, -0.1) is 0 Å². The smallest absolute Gasteiger partial charge is 0.236 e. The first kappa shape index (κ1) is 14.4. The van der Waals surface area contributed by atoms with Crippen LogP contribution in [0.25, 0.3) is 0 Å². The van der Waals surface area contributed by atoms with E-state index in [-0.39, 0.29) is 5.91 Å². The number of nitrogens with zero attached hydrogens (tertiary/aromatic N) is 2. The summed E-state index contributed by atoms with van der Waals surface area (Å²) in [5.41, 5.74) is 4.42. The molecule has 1 N–H and O–H groups in total. The van der Waals surface area contributed by atoms with E-state index in [1.165, 1.54) is 31.9 Å². The highest BCUT2D eigenvalue weighted by molar-refractivity contribution is 5.85. The van der Waals surface area contributed by atoms with Gasteiger partial charge in [-0.25, -0.2) is 5.43 Å². The van der Waals surface area contributed by atoms with E-state index in [4.69, 9.17) is 4.74 Å². The van der Waals surface area contributed by atoms with Gasteiger partial charge in [0.25, 0.3) is 0 Å². The number of carbonyl (C=O) groups excluding carboxylic acids is 1. The summed E-state index contributed by atoms with van der Waals surface area (Å²) in [5.74, 6) is 0.576. The van der Waals surface area contributed by atoms with E-state index >= 15 is 0 Å². The highest BCUT2D eigenvalue weighted by atomic mass is 16.5. The lowest BCUT2D eigenvalue weighted by atomic mass is 10.1. The van der Waals surface area contributed by atoms with Crippen molar-refractivity contribution in [1.29, 1.82) is 0 Å². The molecule has 1 fully saturated rings. The van der Waals surface area contributed by atoms with Gasteiger partial charge in [-0.05, 0) is 31.4 Å². The van der Waals surface area contributed by atoms with Gasteiger partial charge in [0.15, 0.2) is 0 Å². The molecule has 1 saturated heterocycles. The number of hydrogen-bond acceptors (Lipinski definition) is 4. The van der Waals surface area contributed by atoms with E-state index in [2.05, 4.69) is 21.5 Å². The Morgan fingerprint density at radius 2 is 2.10 bits per heavy atom. The number of methoxy groups -OCH3 is 1. The first-order valence-electron chi connectivity index (χ1n) is 6.93. The summed E-state index contributed by atoms with van der Waals surface area (Å²) in [6, 6.07) is 6.07. The van der Waals surface area contributed by atoms with Crippen LogP contribution in [0, 0.1) is 0 Å². The maximum atomic E-state index is 10.8. The second-order valence-electron chi connectivity index (χ2n) is 4.90. The van der Waals surface area contributed by atoms with Gasteiger partial charge in [-0.1, -0.05) is 0 Å². The zero-order valence-corrected chi connectivity index (χ0v) is 12.1. The maximum absolute atomic E-state index is 10.8. The molecule has 0 spiro atoms. The monoisotopic (exact) mass is 275 g/mol. The van der Waals surface area contributed by atoms with Gasteiger partial charge in [0.05, 0.1) is 13.3 Å². The molecule has 20 heavy (non-hydrogen) atoms. The molecular weight excluding hydrogens is 254 g/mol. The van der Waals surface area contributed by atoms with Crippen LogP contribution in [-0.4, -0.2) is 32.3 Å². The van der Waals surface area contributed by atoms with Crippen LogP contribution < -0.4 is 15.1 Å². The predicted molar refractivity (Wildman–Crippen MR) is 80.5 cm³/mol. The maximum Gasteiger partial charge on any atom is 0.236 e. The normalized spacial score (nSPS) is 15.4. The van der Waals surface area contributed by atoms with Gasteiger partial charge in [-0.3, -0.25) is 4.79 Å². The van der Waals surface area contributed by atoms with E-state index in [1.807, 2.05) is 12.1 Å². The third kappa shape index (κ3) is 3.73. The molecule has 0 radical (unpaired) electrons. The van der Waals surface area contributed by atoms with Crippen LogP contribution in [0.3, 0.4) is 0 Å². The molecule has 1 amide bonds. The van der Waals surface area contributed by atoms with Crippen LogP contribution >= 0.6 is 0 Å². The Balaban J connectivity index is 2.14. The molecule has 0 aliphatic carbocycles. The van der Waals surface area contributed by atoms with Crippen LogP contribution in [0.2, 0.25) is 0 Å². The number of hydrazone groups is 1. The number of anilines is 1. The summed E-state index contributed by atoms with van der Waals surface area (Å²) in [6.45, 7) is 3.62. The van der Waals surface area contributed by atoms with Crippen molar-refractivity contribution >= 4 is 17.8 Å². The number of ether oxygens (including phenoxy) is 1. The van der Waals surface area contributed by atoms with Crippen molar-refractivity contribution in [2.24, 2.45) is 5.10 Å². The first-order valence-corrected chi connectivity index (χ1v) is 6.93. The molecule has 108 valence electrons. The Kier molecular flexibility index (Phi) is 4.98. The summed E-state index contributed by atoms with van der Waals surface area (Å²) >= 11 is 0. The van der Waals surface area contributed by atoms with E-state index in [0.717, 1.165) is 24.4 Å². The summed E-state index contributed by atoms with van der Waals surface area (Å²) in [5, 5.41) is 3.87. The van der Waals surface area contributed by atoms with Gasteiger partial charge in [0, 0.05) is 37.3 Å². The third-order valence-corrected chi connectivity index (χ3v) is 3.36. The lowest BCUT2D eigenvalue weighted by Gasteiger charge is -2.29. The van der Waals surface area contributed by atoms with E-state index in [9.17, 15) is 4.79 Å². The minimum Gasteiger partial charge on any atom is -0.496 e. The summed E-state index contributed by atoms with van der Waals surface area (Å²) in [4.78, 5) is 13.2. The lowest BCUT2D eigenvalue weighted by Crippen LogP contribution is -2.29. The Hall–Kier alpha value is -2.04. The molecule has 0 aromatic heterocycles. The van der Waals surface area contributed by atoms with Crippen molar-refractivity contribution < 1.29 is 9.53 Å². The fraction of sp³-hybridized carbons (Fsp3) is 0.467. The van der Waals surface area contributed by atoms with Gasteiger partial charge < -0.3 is 9.64 Å². The van der Waals surface area contributed by atoms with Crippen LogP contribution in [0.15, 0.2) is 23.3 Å². The van der Waals surface area contributed by atoms with Gasteiger partial charge >= 0.3 is 0 Å². The standard InChI is InChI=1S/C15H21N3O2/c1-12(19)17-16-11-13-6-7-14(10-15(13)20-2)18-8-4-3-5-9-18/h6-7,10-11H,3-5,8-9H2,1-2H3,(H,17,19)/b16-11-. The molecule has 0 saturated carbocycles. The van der Waals surface area contributed by atoms with Gasteiger partial charge in [0.1, 0.15) is 5.75 Å². The fourth-order valence-corrected chi connectivity index (χ4v) is 2.35. The number of hydrogen-bond donors (Lipinski definition) is 1. The topological polar surface area (TPSA) is 53.9 Å². The largest absolute Gasteiger partial charge is 0.496 e. The van der Waals surface area contributed by atoms with E-state index in [1.54, 1.807) is 13.3 Å². The molecule has 1 aromatic rings. The van der Waals surface area contributed by atoms with E-state index in [0.29, 0.717) is 0 Å². The summed E-state index contributed by atoms with van der Waals surface area (Å²) in [7, 11) is 1.64. The van der Waals surface area contributed by atoms with Crippen molar-refractivity contribution in [3.63, 3.8) is 0 Å². The van der Waals surface area contributed by atoms with Crippen molar-refractivity contribution in [2.75, 3.05) is 25.1 Å². The number of benzene rings is 1. The molecule has 0 unspecified atom stereocenters. The lowest BCUT2D eigenvalue weighted by molar-refractivity contribution is -0.118. The van der Waals surface area contributed by atoms with Crippen molar-refractivity contribution in [3.05, 3.63) is 23.8 Å². The van der Waals surface area contributed by atoms with Crippen molar-refractivity contribution in [3.8, 4) is 5.75 Å². The highest BCUT2D eigenvalue weighted by Crippen LogP contribution is 2.26. The number of rotatable bonds is 4. The van der Waals surface area contributed by atoms with Crippen LogP contribution in [0.4, 0.5) is 5.69 Å².